The lowest BCUT2D eigenvalue weighted by molar-refractivity contribution is -0.140. The summed E-state index contributed by atoms with van der Waals surface area (Å²) in [4.78, 5) is 25.5. The summed E-state index contributed by atoms with van der Waals surface area (Å²) in [5.74, 6) is 0.0413. The van der Waals surface area contributed by atoms with Gasteiger partial charge in [-0.3, -0.25) is 9.59 Å². The number of methoxy groups -OCH3 is 2. The Morgan fingerprint density at radius 1 is 1.23 bits per heavy atom. The SMILES string of the molecule is CCC(CO)N(CCC(=O)OC)C(=O)c1ccc(OC)cc1. The second-order valence-corrected chi connectivity index (χ2v) is 4.80. The van der Waals surface area contributed by atoms with Crippen LogP contribution in [0.25, 0.3) is 0 Å². The largest absolute Gasteiger partial charge is 0.497 e. The molecule has 6 heteroatoms. The van der Waals surface area contributed by atoms with Crippen LogP contribution in [0.2, 0.25) is 0 Å². The van der Waals surface area contributed by atoms with Crippen LogP contribution >= 0.6 is 0 Å². The molecule has 1 unspecified atom stereocenters. The number of hydrogen-bond acceptors (Lipinski definition) is 5. The zero-order chi connectivity index (χ0) is 16.5. The third-order valence-electron chi connectivity index (χ3n) is 3.51. The maximum absolute atomic E-state index is 12.6. The lowest BCUT2D eigenvalue weighted by Gasteiger charge is -2.29. The van der Waals surface area contributed by atoms with Crippen molar-refractivity contribution in [2.75, 3.05) is 27.4 Å². The second-order valence-electron chi connectivity index (χ2n) is 4.80. The molecule has 0 heterocycles. The molecule has 0 aliphatic rings. The van der Waals surface area contributed by atoms with Crippen LogP contribution in [0.1, 0.15) is 30.1 Å². The number of hydrogen-bond donors (Lipinski definition) is 1. The predicted molar refractivity (Wildman–Crippen MR) is 81.8 cm³/mol. The van der Waals surface area contributed by atoms with Crippen molar-refractivity contribution in [3.8, 4) is 5.75 Å². The van der Waals surface area contributed by atoms with Gasteiger partial charge in [0.25, 0.3) is 5.91 Å². The van der Waals surface area contributed by atoms with Crippen molar-refractivity contribution in [1.29, 1.82) is 0 Å². The van der Waals surface area contributed by atoms with Gasteiger partial charge in [0, 0.05) is 12.1 Å². The molecule has 0 saturated carbocycles. The number of amides is 1. The van der Waals surface area contributed by atoms with E-state index in [0.717, 1.165) is 0 Å². The zero-order valence-corrected chi connectivity index (χ0v) is 13.2. The van der Waals surface area contributed by atoms with E-state index in [1.807, 2.05) is 6.92 Å². The Hall–Kier alpha value is -2.08. The molecule has 0 fully saturated rings. The van der Waals surface area contributed by atoms with Crippen LogP contribution < -0.4 is 4.74 Å². The highest BCUT2D eigenvalue weighted by atomic mass is 16.5. The van der Waals surface area contributed by atoms with E-state index in [2.05, 4.69) is 4.74 Å². The Labute approximate surface area is 130 Å². The molecule has 0 aliphatic heterocycles. The summed E-state index contributed by atoms with van der Waals surface area (Å²) < 4.78 is 9.67. The number of benzene rings is 1. The van der Waals surface area contributed by atoms with Gasteiger partial charge in [-0.1, -0.05) is 6.92 Å². The standard InChI is InChI=1S/C16H23NO5/c1-4-13(11-18)17(10-9-15(19)22-3)16(20)12-5-7-14(21-2)8-6-12/h5-8,13,18H,4,9-11H2,1-3H3. The Balaban J connectivity index is 2.91. The Kier molecular flexibility index (Phi) is 7.39. The van der Waals surface area contributed by atoms with Crippen LogP contribution in [0.4, 0.5) is 0 Å². The molecule has 22 heavy (non-hydrogen) atoms. The van der Waals surface area contributed by atoms with Gasteiger partial charge in [-0.05, 0) is 30.7 Å². The summed E-state index contributed by atoms with van der Waals surface area (Å²) in [5.41, 5.74) is 0.484. The van der Waals surface area contributed by atoms with Gasteiger partial charge in [-0.2, -0.15) is 0 Å². The third kappa shape index (κ3) is 4.73. The fourth-order valence-electron chi connectivity index (χ4n) is 2.11. The first kappa shape index (κ1) is 18.0. The number of carbonyl (C=O) groups is 2. The average molecular weight is 309 g/mol. The van der Waals surface area contributed by atoms with Gasteiger partial charge in [0.15, 0.2) is 0 Å². The molecule has 1 aromatic carbocycles. The van der Waals surface area contributed by atoms with Crippen molar-refractivity contribution >= 4 is 11.9 Å². The Morgan fingerprint density at radius 3 is 2.32 bits per heavy atom. The van der Waals surface area contributed by atoms with Gasteiger partial charge >= 0.3 is 5.97 Å². The topological polar surface area (TPSA) is 76.1 Å². The van der Waals surface area contributed by atoms with Crippen LogP contribution in [-0.2, 0) is 9.53 Å². The fraction of sp³-hybridized carbons (Fsp3) is 0.500. The van der Waals surface area contributed by atoms with Crippen molar-refractivity contribution in [3.05, 3.63) is 29.8 Å². The van der Waals surface area contributed by atoms with Crippen LogP contribution in [0.15, 0.2) is 24.3 Å². The van der Waals surface area contributed by atoms with E-state index in [1.54, 1.807) is 31.4 Å². The minimum absolute atomic E-state index is 0.0922. The molecule has 0 aliphatic carbocycles. The molecular weight excluding hydrogens is 286 g/mol. The summed E-state index contributed by atoms with van der Waals surface area (Å²) in [6.07, 6.45) is 0.689. The van der Waals surface area contributed by atoms with Crippen molar-refractivity contribution < 1.29 is 24.2 Å². The van der Waals surface area contributed by atoms with Gasteiger partial charge in [0.2, 0.25) is 0 Å². The number of esters is 1. The van der Waals surface area contributed by atoms with Crippen molar-refractivity contribution in [2.45, 2.75) is 25.8 Å². The first-order valence-electron chi connectivity index (χ1n) is 7.20. The van der Waals surface area contributed by atoms with E-state index < -0.39 is 0 Å². The number of rotatable bonds is 8. The Bertz CT molecular complexity index is 482. The molecule has 0 bridgehead atoms. The second kappa shape index (κ2) is 9.04. The first-order chi connectivity index (χ1) is 10.6. The van der Waals surface area contributed by atoms with E-state index in [4.69, 9.17) is 4.74 Å². The number of ether oxygens (including phenoxy) is 2. The maximum atomic E-state index is 12.6. The fourth-order valence-corrected chi connectivity index (χ4v) is 2.11. The maximum Gasteiger partial charge on any atom is 0.307 e. The van der Waals surface area contributed by atoms with Gasteiger partial charge < -0.3 is 19.5 Å². The molecular formula is C16H23NO5. The number of carbonyl (C=O) groups excluding carboxylic acids is 2. The summed E-state index contributed by atoms with van der Waals surface area (Å²) in [6, 6.07) is 6.39. The lowest BCUT2D eigenvalue weighted by Crippen LogP contribution is -2.43. The zero-order valence-electron chi connectivity index (χ0n) is 13.2. The quantitative estimate of drug-likeness (QED) is 0.736. The monoisotopic (exact) mass is 309 g/mol. The van der Waals surface area contributed by atoms with Crippen LogP contribution in [0.3, 0.4) is 0 Å². The van der Waals surface area contributed by atoms with Gasteiger partial charge in [0.05, 0.1) is 33.3 Å². The van der Waals surface area contributed by atoms with Gasteiger partial charge in [-0.15, -0.1) is 0 Å². The van der Waals surface area contributed by atoms with E-state index in [-0.39, 0.29) is 37.5 Å². The van der Waals surface area contributed by atoms with Gasteiger partial charge in [0.1, 0.15) is 5.75 Å². The van der Waals surface area contributed by atoms with Gasteiger partial charge in [-0.25, -0.2) is 0 Å². The van der Waals surface area contributed by atoms with Crippen LogP contribution in [0.5, 0.6) is 5.75 Å². The highest BCUT2D eigenvalue weighted by Crippen LogP contribution is 2.16. The summed E-state index contributed by atoms with van der Waals surface area (Å²) in [7, 11) is 2.86. The predicted octanol–water partition coefficient (Wildman–Crippen LogP) is 1.47. The van der Waals surface area contributed by atoms with E-state index in [9.17, 15) is 14.7 Å². The minimum atomic E-state index is -0.389. The van der Waals surface area contributed by atoms with E-state index in [1.165, 1.54) is 12.0 Å². The average Bonchev–Trinajstić information content (AvgIpc) is 2.57. The minimum Gasteiger partial charge on any atom is -0.497 e. The van der Waals surface area contributed by atoms with E-state index >= 15 is 0 Å². The van der Waals surface area contributed by atoms with E-state index in [0.29, 0.717) is 17.7 Å². The summed E-state index contributed by atoms with van der Waals surface area (Å²) >= 11 is 0. The third-order valence-corrected chi connectivity index (χ3v) is 3.51. The molecule has 1 atom stereocenters. The Morgan fingerprint density at radius 2 is 1.86 bits per heavy atom. The van der Waals surface area contributed by atoms with Crippen LogP contribution in [-0.4, -0.2) is 55.3 Å². The molecule has 1 rings (SSSR count). The number of nitrogens with zero attached hydrogens (tertiary/aromatic N) is 1. The molecule has 0 radical (unpaired) electrons. The molecule has 6 nitrogen and oxygen atoms in total. The highest BCUT2D eigenvalue weighted by Gasteiger charge is 2.23. The van der Waals surface area contributed by atoms with Crippen molar-refractivity contribution in [2.24, 2.45) is 0 Å². The summed E-state index contributed by atoms with van der Waals surface area (Å²) in [6.45, 7) is 1.93. The lowest BCUT2D eigenvalue weighted by atomic mass is 10.1. The number of aliphatic hydroxyl groups is 1. The number of aliphatic hydroxyl groups excluding tert-OH is 1. The normalized spacial score (nSPS) is 11.6. The molecule has 1 amide bonds. The van der Waals surface area contributed by atoms with Crippen molar-refractivity contribution in [3.63, 3.8) is 0 Å². The molecule has 0 saturated heterocycles. The molecule has 0 spiro atoms. The highest BCUT2D eigenvalue weighted by molar-refractivity contribution is 5.94. The summed E-state index contributed by atoms with van der Waals surface area (Å²) in [5, 5.41) is 9.47. The molecule has 1 N–H and O–H groups in total. The smallest absolute Gasteiger partial charge is 0.307 e. The van der Waals surface area contributed by atoms with Crippen molar-refractivity contribution in [1.82, 2.24) is 4.90 Å². The molecule has 0 aromatic heterocycles. The first-order valence-corrected chi connectivity index (χ1v) is 7.20. The molecule has 122 valence electrons. The molecule has 1 aromatic rings. The van der Waals surface area contributed by atoms with Crippen LogP contribution in [0, 0.1) is 0 Å².